The van der Waals surface area contributed by atoms with Gasteiger partial charge in [-0.25, -0.2) is 4.79 Å². The number of fused-ring (bicyclic) bond motifs is 1. The van der Waals surface area contributed by atoms with Gasteiger partial charge in [0.2, 0.25) is 0 Å². The SMILES string of the molecule is CCCc1cc(=O)oc2c(C)c(OC(C)=O)ccc12. The summed E-state index contributed by atoms with van der Waals surface area (Å²) in [4.78, 5) is 22.6. The highest BCUT2D eigenvalue weighted by atomic mass is 16.5. The Morgan fingerprint density at radius 3 is 2.74 bits per heavy atom. The van der Waals surface area contributed by atoms with Crippen LogP contribution in [0.5, 0.6) is 5.75 Å². The minimum atomic E-state index is -0.394. The van der Waals surface area contributed by atoms with E-state index in [1.807, 2.05) is 6.07 Å². The standard InChI is InChI=1S/C15H16O4/c1-4-5-11-8-14(17)19-15-9(2)13(18-10(3)16)7-6-12(11)15/h6-8H,4-5H2,1-3H3. The third kappa shape index (κ3) is 2.67. The molecule has 19 heavy (non-hydrogen) atoms. The Kier molecular flexibility index (Phi) is 3.69. The summed E-state index contributed by atoms with van der Waals surface area (Å²) in [5.74, 6) is 0.0336. The number of hydrogen-bond donors (Lipinski definition) is 0. The van der Waals surface area contributed by atoms with Crippen molar-refractivity contribution < 1.29 is 13.9 Å². The molecule has 2 rings (SSSR count). The van der Waals surface area contributed by atoms with Crippen LogP contribution in [-0.2, 0) is 11.2 Å². The van der Waals surface area contributed by atoms with Crippen molar-refractivity contribution in [3.05, 3.63) is 39.7 Å². The van der Waals surface area contributed by atoms with Gasteiger partial charge in [0.1, 0.15) is 11.3 Å². The molecule has 4 nitrogen and oxygen atoms in total. The Hall–Kier alpha value is -2.10. The van der Waals surface area contributed by atoms with E-state index in [-0.39, 0.29) is 5.63 Å². The maximum absolute atomic E-state index is 11.6. The van der Waals surface area contributed by atoms with Gasteiger partial charge in [-0.3, -0.25) is 4.79 Å². The monoisotopic (exact) mass is 260 g/mol. The highest BCUT2D eigenvalue weighted by Crippen LogP contribution is 2.28. The van der Waals surface area contributed by atoms with Gasteiger partial charge < -0.3 is 9.15 Å². The zero-order chi connectivity index (χ0) is 14.0. The van der Waals surface area contributed by atoms with Crippen molar-refractivity contribution in [2.24, 2.45) is 0 Å². The van der Waals surface area contributed by atoms with Crippen LogP contribution in [0.4, 0.5) is 0 Å². The lowest BCUT2D eigenvalue weighted by molar-refractivity contribution is -0.131. The highest BCUT2D eigenvalue weighted by Gasteiger charge is 2.12. The van der Waals surface area contributed by atoms with Crippen molar-refractivity contribution in [2.45, 2.75) is 33.6 Å². The maximum Gasteiger partial charge on any atom is 0.336 e. The lowest BCUT2D eigenvalue weighted by atomic mass is 10.0. The number of esters is 1. The van der Waals surface area contributed by atoms with Gasteiger partial charge in [-0.2, -0.15) is 0 Å². The van der Waals surface area contributed by atoms with Crippen LogP contribution < -0.4 is 10.4 Å². The van der Waals surface area contributed by atoms with E-state index in [1.165, 1.54) is 13.0 Å². The van der Waals surface area contributed by atoms with E-state index in [2.05, 4.69) is 6.92 Å². The first-order valence-corrected chi connectivity index (χ1v) is 6.27. The van der Waals surface area contributed by atoms with Gasteiger partial charge >= 0.3 is 11.6 Å². The highest BCUT2D eigenvalue weighted by molar-refractivity contribution is 5.86. The van der Waals surface area contributed by atoms with Crippen LogP contribution in [0.15, 0.2) is 27.4 Å². The maximum atomic E-state index is 11.6. The van der Waals surface area contributed by atoms with E-state index in [9.17, 15) is 9.59 Å². The smallest absolute Gasteiger partial charge is 0.336 e. The number of benzene rings is 1. The summed E-state index contributed by atoms with van der Waals surface area (Å²) in [7, 11) is 0. The first-order chi connectivity index (χ1) is 9.02. The molecule has 0 aliphatic heterocycles. The van der Waals surface area contributed by atoms with Crippen LogP contribution in [0.25, 0.3) is 11.0 Å². The number of hydrogen-bond acceptors (Lipinski definition) is 4. The Morgan fingerprint density at radius 1 is 1.37 bits per heavy atom. The minimum absolute atomic E-state index is 0.376. The van der Waals surface area contributed by atoms with Crippen molar-refractivity contribution >= 4 is 16.9 Å². The molecular weight excluding hydrogens is 244 g/mol. The van der Waals surface area contributed by atoms with E-state index in [1.54, 1.807) is 13.0 Å². The van der Waals surface area contributed by atoms with Crippen molar-refractivity contribution in [2.75, 3.05) is 0 Å². The number of carbonyl (C=O) groups excluding carboxylic acids is 1. The largest absolute Gasteiger partial charge is 0.426 e. The number of carbonyl (C=O) groups is 1. The lowest BCUT2D eigenvalue weighted by Gasteiger charge is -2.10. The quantitative estimate of drug-likeness (QED) is 0.483. The van der Waals surface area contributed by atoms with E-state index < -0.39 is 5.97 Å². The third-order valence-corrected chi connectivity index (χ3v) is 2.97. The normalized spacial score (nSPS) is 10.7. The number of aryl methyl sites for hydroxylation is 2. The third-order valence-electron chi connectivity index (χ3n) is 2.97. The second kappa shape index (κ2) is 5.26. The average Bonchev–Trinajstić information content (AvgIpc) is 2.33. The lowest BCUT2D eigenvalue weighted by Crippen LogP contribution is -2.05. The summed E-state index contributed by atoms with van der Waals surface area (Å²) in [6, 6.07) is 5.09. The Morgan fingerprint density at radius 2 is 2.11 bits per heavy atom. The van der Waals surface area contributed by atoms with Crippen LogP contribution in [0.3, 0.4) is 0 Å². The molecule has 0 atom stereocenters. The molecule has 0 spiro atoms. The van der Waals surface area contributed by atoms with Gasteiger partial charge in [-0.1, -0.05) is 13.3 Å². The Bertz CT molecular complexity index is 682. The fourth-order valence-corrected chi connectivity index (χ4v) is 2.15. The molecule has 0 saturated carbocycles. The summed E-state index contributed by atoms with van der Waals surface area (Å²) in [5.41, 5.74) is 1.75. The Balaban J connectivity index is 2.68. The summed E-state index contributed by atoms with van der Waals surface area (Å²) in [6.45, 7) is 5.17. The van der Waals surface area contributed by atoms with Gasteiger partial charge in [0.05, 0.1) is 0 Å². The van der Waals surface area contributed by atoms with E-state index >= 15 is 0 Å². The molecule has 1 aromatic carbocycles. The van der Waals surface area contributed by atoms with Crippen LogP contribution in [0.2, 0.25) is 0 Å². The molecule has 0 N–H and O–H groups in total. The number of rotatable bonds is 3. The average molecular weight is 260 g/mol. The molecular formula is C15H16O4. The fourth-order valence-electron chi connectivity index (χ4n) is 2.15. The van der Waals surface area contributed by atoms with Crippen LogP contribution in [-0.4, -0.2) is 5.97 Å². The predicted molar refractivity (Wildman–Crippen MR) is 72.5 cm³/mol. The van der Waals surface area contributed by atoms with Crippen LogP contribution in [0.1, 0.15) is 31.4 Å². The molecule has 0 bridgehead atoms. The molecule has 100 valence electrons. The van der Waals surface area contributed by atoms with E-state index in [0.717, 1.165) is 23.8 Å². The molecule has 0 saturated heterocycles. The zero-order valence-corrected chi connectivity index (χ0v) is 11.3. The van der Waals surface area contributed by atoms with Crippen LogP contribution >= 0.6 is 0 Å². The van der Waals surface area contributed by atoms with Crippen molar-refractivity contribution in [1.29, 1.82) is 0 Å². The molecule has 0 aliphatic rings. The minimum Gasteiger partial charge on any atom is -0.426 e. The summed E-state index contributed by atoms with van der Waals surface area (Å²) >= 11 is 0. The molecule has 0 amide bonds. The van der Waals surface area contributed by atoms with Gasteiger partial charge in [-0.05, 0) is 31.0 Å². The van der Waals surface area contributed by atoms with Crippen molar-refractivity contribution in [3.63, 3.8) is 0 Å². The van der Waals surface area contributed by atoms with Gasteiger partial charge in [0.25, 0.3) is 0 Å². The molecule has 0 aliphatic carbocycles. The zero-order valence-electron chi connectivity index (χ0n) is 11.3. The summed E-state index contributed by atoms with van der Waals surface area (Å²) < 4.78 is 10.3. The topological polar surface area (TPSA) is 56.5 Å². The van der Waals surface area contributed by atoms with Gasteiger partial charge in [0.15, 0.2) is 0 Å². The number of ether oxygens (including phenoxy) is 1. The van der Waals surface area contributed by atoms with E-state index in [0.29, 0.717) is 16.9 Å². The molecule has 1 heterocycles. The van der Waals surface area contributed by atoms with Gasteiger partial charge in [-0.15, -0.1) is 0 Å². The van der Waals surface area contributed by atoms with Crippen molar-refractivity contribution in [3.8, 4) is 5.75 Å². The molecule has 2 aromatic rings. The van der Waals surface area contributed by atoms with Gasteiger partial charge in [0, 0.05) is 23.9 Å². The fraction of sp³-hybridized carbons (Fsp3) is 0.333. The summed E-state index contributed by atoms with van der Waals surface area (Å²) in [5, 5.41) is 0.898. The first-order valence-electron chi connectivity index (χ1n) is 6.27. The molecule has 4 heteroatoms. The molecule has 0 radical (unpaired) electrons. The molecule has 1 aromatic heterocycles. The summed E-state index contributed by atoms with van der Waals surface area (Å²) in [6.07, 6.45) is 1.76. The first kappa shape index (κ1) is 13.3. The van der Waals surface area contributed by atoms with Crippen molar-refractivity contribution in [1.82, 2.24) is 0 Å². The van der Waals surface area contributed by atoms with E-state index in [4.69, 9.17) is 9.15 Å². The second-order valence-electron chi connectivity index (χ2n) is 4.50. The second-order valence-corrected chi connectivity index (χ2v) is 4.50. The van der Waals surface area contributed by atoms with Crippen LogP contribution in [0, 0.1) is 6.92 Å². The predicted octanol–water partition coefficient (Wildman–Crippen LogP) is 2.98. The molecule has 0 fully saturated rings. The Labute approximate surface area is 111 Å². The molecule has 0 unspecified atom stereocenters.